The Morgan fingerprint density at radius 3 is 2.35 bits per heavy atom. The molecule has 0 N–H and O–H groups in total. The third-order valence-electron chi connectivity index (χ3n) is 2.51. The Morgan fingerprint density at radius 1 is 1.20 bits per heavy atom. The zero-order valence-electron chi connectivity index (χ0n) is 10.1. The molecule has 0 aliphatic heterocycles. The van der Waals surface area contributed by atoms with Crippen molar-refractivity contribution in [3.63, 3.8) is 0 Å². The van der Waals surface area contributed by atoms with Gasteiger partial charge in [-0.3, -0.25) is 0 Å². The molecule has 0 aliphatic rings. The Bertz CT molecular complexity index is 668. The average Bonchev–Trinajstić information content (AvgIpc) is 2.37. The van der Waals surface area contributed by atoms with Crippen LogP contribution in [-0.4, -0.2) is 18.1 Å². The summed E-state index contributed by atoms with van der Waals surface area (Å²) < 4.78 is 18.0. The molecular formula is C13H7Cl3FNO2. The SMILES string of the molecule is COC(=O)c1ncc(F)cc1-c1c(Cl)cc(Cl)cc1Cl. The van der Waals surface area contributed by atoms with Gasteiger partial charge in [0.05, 0.1) is 23.4 Å². The van der Waals surface area contributed by atoms with E-state index >= 15 is 0 Å². The maximum Gasteiger partial charge on any atom is 0.357 e. The number of ether oxygens (including phenoxy) is 1. The summed E-state index contributed by atoms with van der Waals surface area (Å²) in [5.74, 6) is -1.35. The minimum Gasteiger partial charge on any atom is -0.464 e. The number of hydrogen-bond acceptors (Lipinski definition) is 3. The number of methoxy groups -OCH3 is 1. The molecule has 0 saturated heterocycles. The molecule has 0 aliphatic carbocycles. The van der Waals surface area contributed by atoms with E-state index in [0.717, 1.165) is 12.3 Å². The number of hydrogen-bond donors (Lipinski definition) is 0. The molecule has 1 aromatic carbocycles. The van der Waals surface area contributed by atoms with Gasteiger partial charge in [-0.2, -0.15) is 0 Å². The van der Waals surface area contributed by atoms with E-state index < -0.39 is 11.8 Å². The Labute approximate surface area is 129 Å². The second-order valence-corrected chi connectivity index (χ2v) is 5.04. The number of esters is 1. The lowest BCUT2D eigenvalue weighted by molar-refractivity contribution is 0.0595. The van der Waals surface area contributed by atoms with E-state index in [1.807, 2.05) is 0 Å². The van der Waals surface area contributed by atoms with Gasteiger partial charge in [-0.1, -0.05) is 34.8 Å². The summed E-state index contributed by atoms with van der Waals surface area (Å²) >= 11 is 18.0. The molecule has 3 nitrogen and oxygen atoms in total. The van der Waals surface area contributed by atoms with Crippen LogP contribution in [0.4, 0.5) is 4.39 Å². The lowest BCUT2D eigenvalue weighted by Crippen LogP contribution is -2.07. The number of pyridine rings is 1. The lowest BCUT2D eigenvalue weighted by atomic mass is 10.0. The second-order valence-electron chi connectivity index (χ2n) is 3.79. The molecule has 104 valence electrons. The van der Waals surface area contributed by atoms with E-state index in [-0.39, 0.29) is 26.9 Å². The maximum absolute atomic E-state index is 13.4. The largest absolute Gasteiger partial charge is 0.464 e. The molecule has 0 spiro atoms. The predicted octanol–water partition coefficient (Wildman–Crippen LogP) is 4.63. The van der Waals surface area contributed by atoms with Crippen LogP contribution in [0.3, 0.4) is 0 Å². The van der Waals surface area contributed by atoms with Crippen molar-refractivity contribution in [2.75, 3.05) is 7.11 Å². The molecular weight excluding hydrogens is 328 g/mol. The van der Waals surface area contributed by atoms with E-state index in [9.17, 15) is 9.18 Å². The van der Waals surface area contributed by atoms with Gasteiger partial charge in [0.25, 0.3) is 0 Å². The Morgan fingerprint density at radius 2 is 1.80 bits per heavy atom. The van der Waals surface area contributed by atoms with Crippen LogP contribution in [-0.2, 0) is 4.74 Å². The Hall–Kier alpha value is -1.36. The van der Waals surface area contributed by atoms with Crippen molar-refractivity contribution in [1.29, 1.82) is 0 Å². The number of nitrogens with zero attached hydrogens (tertiary/aromatic N) is 1. The van der Waals surface area contributed by atoms with Crippen molar-refractivity contribution in [2.24, 2.45) is 0 Å². The molecule has 7 heteroatoms. The van der Waals surface area contributed by atoms with Crippen molar-refractivity contribution in [3.8, 4) is 11.1 Å². The molecule has 1 heterocycles. The van der Waals surface area contributed by atoms with E-state index in [1.165, 1.54) is 19.2 Å². The molecule has 0 fully saturated rings. The molecule has 0 bridgehead atoms. The summed E-state index contributed by atoms with van der Waals surface area (Å²) in [5.41, 5.74) is 0.327. The van der Waals surface area contributed by atoms with Crippen LogP contribution in [0.5, 0.6) is 0 Å². The highest BCUT2D eigenvalue weighted by atomic mass is 35.5. The van der Waals surface area contributed by atoms with Gasteiger partial charge in [-0.25, -0.2) is 14.2 Å². The number of rotatable bonds is 2. The number of benzene rings is 1. The average molecular weight is 335 g/mol. The van der Waals surface area contributed by atoms with Crippen molar-refractivity contribution >= 4 is 40.8 Å². The summed E-state index contributed by atoms with van der Waals surface area (Å²) in [6.07, 6.45) is 0.910. The third-order valence-corrected chi connectivity index (χ3v) is 3.32. The first-order valence-corrected chi connectivity index (χ1v) is 6.46. The van der Waals surface area contributed by atoms with E-state index in [2.05, 4.69) is 9.72 Å². The van der Waals surface area contributed by atoms with Gasteiger partial charge in [0.1, 0.15) is 5.82 Å². The number of carbonyl (C=O) groups is 1. The first-order valence-electron chi connectivity index (χ1n) is 5.32. The molecule has 0 atom stereocenters. The second kappa shape index (κ2) is 5.95. The van der Waals surface area contributed by atoms with Gasteiger partial charge in [0.15, 0.2) is 5.69 Å². The molecule has 0 saturated carbocycles. The smallest absolute Gasteiger partial charge is 0.357 e. The Balaban J connectivity index is 2.75. The van der Waals surface area contributed by atoms with Gasteiger partial charge in [-0.15, -0.1) is 0 Å². The van der Waals surface area contributed by atoms with Crippen LogP contribution in [0, 0.1) is 5.82 Å². The summed E-state index contributed by atoms with van der Waals surface area (Å²) in [6.45, 7) is 0. The fourth-order valence-electron chi connectivity index (χ4n) is 1.69. The van der Waals surface area contributed by atoms with Gasteiger partial charge in [0.2, 0.25) is 0 Å². The fraction of sp³-hybridized carbons (Fsp3) is 0.0769. The van der Waals surface area contributed by atoms with Gasteiger partial charge in [-0.05, 0) is 18.2 Å². The zero-order chi connectivity index (χ0) is 14.9. The predicted molar refractivity (Wildman–Crippen MR) is 76.0 cm³/mol. The van der Waals surface area contributed by atoms with Crippen LogP contribution in [0.25, 0.3) is 11.1 Å². The minimum atomic E-state index is -0.720. The summed E-state index contributed by atoms with van der Waals surface area (Å²) in [5, 5.41) is 0.688. The zero-order valence-corrected chi connectivity index (χ0v) is 12.4. The lowest BCUT2D eigenvalue weighted by Gasteiger charge is -2.11. The van der Waals surface area contributed by atoms with Crippen molar-refractivity contribution in [1.82, 2.24) is 4.98 Å². The summed E-state index contributed by atoms with van der Waals surface area (Å²) in [6, 6.07) is 3.99. The first-order chi connectivity index (χ1) is 9.43. The Kier molecular flexibility index (Phi) is 4.48. The van der Waals surface area contributed by atoms with Crippen LogP contribution >= 0.6 is 34.8 Å². The normalized spacial score (nSPS) is 10.4. The fourth-order valence-corrected chi connectivity index (χ4v) is 2.71. The van der Waals surface area contributed by atoms with Crippen molar-refractivity contribution < 1.29 is 13.9 Å². The van der Waals surface area contributed by atoms with Crippen LogP contribution < -0.4 is 0 Å². The summed E-state index contributed by atoms with van der Waals surface area (Å²) in [7, 11) is 1.20. The van der Waals surface area contributed by atoms with E-state index in [0.29, 0.717) is 5.02 Å². The molecule has 0 radical (unpaired) electrons. The number of aromatic nitrogens is 1. The van der Waals surface area contributed by atoms with Gasteiger partial charge < -0.3 is 4.74 Å². The third kappa shape index (κ3) is 2.87. The topological polar surface area (TPSA) is 39.2 Å². The van der Waals surface area contributed by atoms with Crippen molar-refractivity contribution in [2.45, 2.75) is 0 Å². The quantitative estimate of drug-likeness (QED) is 0.751. The van der Waals surface area contributed by atoms with Gasteiger partial charge >= 0.3 is 5.97 Å². The van der Waals surface area contributed by atoms with Crippen LogP contribution in [0.1, 0.15) is 10.5 Å². The highest BCUT2D eigenvalue weighted by Gasteiger charge is 2.20. The van der Waals surface area contributed by atoms with Crippen LogP contribution in [0.15, 0.2) is 24.4 Å². The molecule has 0 unspecified atom stereocenters. The summed E-state index contributed by atoms with van der Waals surface area (Å²) in [4.78, 5) is 15.4. The van der Waals surface area contributed by atoms with Gasteiger partial charge in [0, 0.05) is 16.1 Å². The standard InChI is InChI=1S/C13H7Cl3FNO2/c1-20-13(19)12-8(4-7(17)5-18-12)11-9(15)2-6(14)3-10(11)16/h2-5H,1H3. The van der Waals surface area contributed by atoms with E-state index in [1.54, 1.807) is 0 Å². The molecule has 1 aromatic heterocycles. The molecule has 20 heavy (non-hydrogen) atoms. The minimum absolute atomic E-state index is 0.0833. The monoisotopic (exact) mass is 333 g/mol. The van der Waals surface area contributed by atoms with E-state index in [4.69, 9.17) is 34.8 Å². The maximum atomic E-state index is 13.4. The first kappa shape index (κ1) is 15.0. The highest BCUT2D eigenvalue weighted by molar-refractivity contribution is 6.42. The number of halogens is 4. The molecule has 2 aromatic rings. The highest BCUT2D eigenvalue weighted by Crippen LogP contribution is 2.38. The molecule has 0 amide bonds. The van der Waals surface area contributed by atoms with Crippen LogP contribution in [0.2, 0.25) is 15.1 Å². The van der Waals surface area contributed by atoms with Crippen molar-refractivity contribution in [3.05, 3.63) is 51.0 Å². The number of carbonyl (C=O) groups excluding carboxylic acids is 1. The molecule has 2 rings (SSSR count).